The zero-order valence-corrected chi connectivity index (χ0v) is 10.8. The van der Waals surface area contributed by atoms with Crippen LogP contribution in [0.4, 0.5) is 11.5 Å². The lowest BCUT2D eigenvalue weighted by Gasteiger charge is -2.32. The first kappa shape index (κ1) is 13.0. The second-order valence-corrected chi connectivity index (χ2v) is 4.84. The number of likely N-dealkylation sites (N-methyl/N-ethyl adjacent to an activating group) is 1. The summed E-state index contributed by atoms with van der Waals surface area (Å²) < 4.78 is 0. The minimum Gasteiger partial charge on any atom is -0.394 e. The highest BCUT2D eigenvalue weighted by molar-refractivity contribution is 6.28. The van der Waals surface area contributed by atoms with Gasteiger partial charge in [0.25, 0.3) is 0 Å². The number of rotatable bonds is 4. The SMILES string of the molecule is CN(C)C(C)(C)CNc1nc(Cl)ncc1N. The minimum absolute atomic E-state index is 0.00384. The van der Waals surface area contributed by atoms with Crippen LogP contribution in [0, 0.1) is 0 Å². The number of anilines is 2. The average molecular weight is 244 g/mol. The first-order valence-corrected chi connectivity index (χ1v) is 5.40. The molecule has 0 aliphatic rings. The van der Waals surface area contributed by atoms with Crippen molar-refractivity contribution in [2.45, 2.75) is 19.4 Å². The second-order valence-electron chi connectivity index (χ2n) is 4.50. The summed E-state index contributed by atoms with van der Waals surface area (Å²) in [5, 5.41) is 3.37. The van der Waals surface area contributed by atoms with E-state index in [1.54, 1.807) is 0 Å². The van der Waals surface area contributed by atoms with Gasteiger partial charge in [0.15, 0.2) is 5.82 Å². The fraction of sp³-hybridized carbons (Fsp3) is 0.600. The molecule has 90 valence electrons. The molecule has 0 radical (unpaired) electrons. The molecule has 0 saturated carbocycles. The molecule has 0 saturated heterocycles. The normalized spacial score (nSPS) is 11.9. The molecule has 1 aromatic rings. The third-order valence-electron chi connectivity index (χ3n) is 2.69. The van der Waals surface area contributed by atoms with E-state index in [1.807, 2.05) is 14.1 Å². The van der Waals surface area contributed by atoms with Crippen LogP contribution < -0.4 is 11.1 Å². The highest BCUT2D eigenvalue weighted by Gasteiger charge is 2.20. The molecule has 0 spiro atoms. The van der Waals surface area contributed by atoms with Gasteiger partial charge in [0.1, 0.15) is 0 Å². The molecule has 6 heteroatoms. The third kappa shape index (κ3) is 3.21. The predicted molar refractivity (Wildman–Crippen MR) is 67.7 cm³/mol. The van der Waals surface area contributed by atoms with Crippen molar-refractivity contribution in [2.75, 3.05) is 31.7 Å². The van der Waals surface area contributed by atoms with E-state index < -0.39 is 0 Å². The molecule has 0 fully saturated rings. The monoisotopic (exact) mass is 243 g/mol. The Hall–Kier alpha value is -1.07. The van der Waals surface area contributed by atoms with Crippen molar-refractivity contribution in [3.63, 3.8) is 0 Å². The largest absolute Gasteiger partial charge is 0.394 e. The van der Waals surface area contributed by atoms with Crippen molar-refractivity contribution in [1.82, 2.24) is 14.9 Å². The predicted octanol–water partition coefficient (Wildman–Crippen LogP) is 1.46. The molecule has 5 nitrogen and oxygen atoms in total. The quantitative estimate of drug-likeness (QED) is 0.784. The van der Waals surface area contributed by atoms with Crippen LogP contribution in [0.25, 0.3) is 0 Å². The Morgan fingerprint density at radius 2 is 2.12 bits per heavy atom. The highest BCUT2D eigenvalue weighted by atomic mass is 35.5. The van der Waals surface area contributed by atoms with Crippen LogP contribution in [0.5, 0.6) is 0 Å². The molecule has 1 rings (SSSR count). The van der Waals surface area contributed by atoms with Gasteiger partial charge in [0, 0.05) is 12.1 Å². The van der Waals surface area contributed by atoms with E-state index in [2.05, 4.69) is 34.0 Å². The van der Waals surface area contributed by atoms with Gasteiger partial charge in [0.05, 0.1) is 11.9 Å². The molecule has 0 aliphatic heterocycles. The molecule has 0 amide bonds. The summed E-state index contributed by atoms with van der Waals surface area (Å²) in [5.41, 5.74) is 6.24. The molecule has 0 aromatic carbocycles. The summed E-state index contributed by atoms with van der Waals surface area (Å²) >= 11 is 5.70. The second kappa shape index (κ2) is 4.84. The minimum atomic E-state index is 0.00384. The molecule has 0 aliphatic carbocycles. The van der Waals surface area contributed by atoms with Gasteiger partial charge in [-0.1, -0.05) is 0 Å². The third-order valence-corrected chi connectivity index (χ3v) is 2.87. The van der Waals surface area contributed by atoms with E-state index in [4.69, 9.17) is 17.3 Å². The molecule has 1 heterocycles. The van der Waals surface area contributed by atoms with Gasteiger partial charge in [-0.15, -0.1) is 0 Å². The van der Waals surface area contributed by atoms with Crippen LogP contribution in [0.1, 0.15) is 13.8 Å². The molecule has 1 aromatic heterocycles. The molecule has 16 heavy (non-hydrogen) atoms. The van der Waals surface area contributed by atoms with Crippen molar-refractivity contribution >= 4 is 23.1 Å². The van der Waals surface area contributed by atoms with Crippen LogP contribution in [-0.4, -0.2) is 41.0 Å². The smallest absolute Gasteiger partial charge is 0.224 e. The van der Waals surface area contributed by atoms with Gasteiger partial charge < -0.3 is 16.0 Å². The summed E-state index contributed by atoms with van der Waals surface area (Å²) in [7, 11) is 4.05. The fourth-order valence-electron chi connectivity index (χ4n) is 0.969. The molecular formula is C10H18ClN5. The van der Waals surface area contributed by atoms with E-state index in [0.717, 1.165) is 6.54 Å². The van der Waals surface area contributed by atoms with Crippen LogP contribution in [0.15, 0.2) is 6.20 Å². The van der Waals surface area contributed by atoms with Gasteiger partial charge in [-0.2, -0.15) is 4.98 Å². The zero-order valence-electron chi connectivity index (χ0n) is 10.1. The van der Waals surface area contributed by atoms with Gasteiger partial charge in [-0.25, -0.2) is 4.98 Å². The number of aromatic nitrogens is 2. The van der Waals surface area contributed by atoms with Crippen LogP contribution in [0.2, 0.25) is 5.28 Å². The van der Waals surface area contributed by atoms with E-state index in [-0.39, 0.29) is 10.8 Å². The average Bonchev–Trinajstić information content (AvgIpc) is 2.19. The van der Waals surface area contributed by atoms with Crippen molar-refractivity contribution in [1.29, 1.82) is 0 Å². The lowest BCUT2D eigenvalue weighted by atomic mass is 10.0. The highest BCUT2D eigenvalue weighted by Crippen LogP contribution is 2.18. The Morgan fingerprint density at radius 1 is 1.50 bits per heavy atom. The Kier molecular flexibility index (Phi) is 3.93. The number of nitrogen functional groups attached to an aromatic ring is 1. The van der Waals surface area contributed by atoms with Gasteiger partial charge >= 0.3 is 0 Å². The number of hydrogen-bond donors (Lipinski definition) is 2. The van der Waals surface area contributed by atoms with Gasteiger partial charge in [-0.05, 0) is 39.5 Å². The van der Waals surface area contributed by atoms with Crippen LogP contribution in [0.3, 0.4) is 0 Å². The Morgan fingerprint density at radius 3 is 2.69 bits per heavy atom. The van der Waals surface area contributed by atoms with Crippen LogP contribution in [-0.2, 0) is 0 Å². The van der Waals surface area contributed by atoms with E-state index >= 15 is 0 Å². The fourth-order valence-corrected chi connectivity index (χ4v) is 1.10. The molecule has 0 atom stereocenters. The number of halogens is 1. The maximum Gasteiger partial charge on any atom is 0.224 e. The van der Waals surface area contributed by atoms with E-state index in [0.29, 0.717) is 11.5 Å². The Labute approximate surface area is 101 Å². The van der Waals surface area contributed by atoms with E-state index in [1.165, 1.54) is 6.20 Å². The first-order valence-electron chi connectivity index (χ1n) is 5.02. The van der Waals surface area contributed by atoms with Gasteiger partial charge in [0.2, 0.25) is 5.28 Å². The molecule has 3 N–H and O–H groups in total. The molecule has 0 bridgehead atoms. The van der Waals surface area contributed by atoms with Crippen molar-refractivity contribution in [2.24, 2.45) is 0 Å². The summed E-state index contributed by atoms with van der Waals surface area (Å²) in [6.07, 6.45) is 1.50. The van der Waals surface area contributed by atoms with Crippen molar-refractivity contribution < 1.29 is 0 Å². The summed E-state index contributed by atoms with van der Waals surface area (Å²) in [6, 6.07) is 0. The van der Waals surface area contributed by atoms with Crippen molar-refractivity contribution in [3.8, 4) is 0 Å². The topological polar surface area (TPSA) is 67.1 Å². The van der Waals surface area contributed by atoms with Crippen molar-refractivity contribution in [3.05, 3.63) is 11.5 Å². The number of nitrogens with two attached hydrogens (primary N) is 1. The maximum absolute atomic E-state index is 5.74. The number of nitrogens with one attached hydrogen (secondary N) is 1. The first-order chi connectivity index (χ1) is 7.33. The van der Waals surface area contributed by atoms with E-state index in [9.17, 15) is 0 Å². The standard InChI is InChI=1S/C10H18ClN5/c1-10(2,16(3)4)6-14-8-7(12)5-13-9(11)15-8/h5H,6,12H2,1-4H3,(H,13,14,15). The zero-order chi connectivity index (χ0) is 12.3. The molecule has 0 unspecified atom stereocenters. The van der Waals surface area contributed by atoms with Crippen LogP contribution >= 0.6 is 11.6 Å². The summed E-state index contributed by atoms with van der Waals surface area (Å²) in [6.45, 7) is 4.97. The van der Waals surface area contributed by atoms with Gasteiger partial charge in [-0.3, -0.25) is 0 Å². The number of hydrogen-bond acceptors (Lipinski definition) is 5. The Balaban J connectivity index is 2.71. The summed E-state index contributed by atoms with van der Waals surface area (Å²) in [5.74, 6) is 0.579. The maximum atomic E-state index is 5.74. The number of nitrogens with zero attached hydrogens (tertiary/aromatic N) is 3. The lowest BCUT2D eigenvalue weighted by molar-refractivity contribution is 0.210. The lowest BCUT2D eigenvalue weighted by Crippen LogP contribution is -2.44. The molecular weight excluding hydrogens is 226 g/mol. The summed E-state index contributed by atoms with van der Waals surface area (Å²) in [4.78, 5) is 9.96. The Bertz CT molecular complexity index is 364.